The Bertz CT molecular complexity index is 2550. The van der Waals surface area contributed by atoms with Crippen molar-refractivity contribution in [1.29, 1.82) is 0 Å². The lowest BCUT2D eigenvalue weighted by Gasteiger charge is -2.45. The van der Waals surface area contributed by atoms with E-state index >= 15 is 0 Å². The van der Waals surface area contributed by atoms with Crippen LogP contribution >= 0.6 is 11.3 Å². The number of aromatic nitrogens is 2. The van der Waals surface area contributed by atoms with E-state index in [9.17, 15) is 0 Å². The van der Waals surface area contributed by atoms with Gasteiger partial charge in [-0.05, 0) is 70.8 Å². The van der Waals surface area contributed by atoms with E-state index < -0.39 is 0 Å². The van der Waals surface area contributed by atoms with Gasteiger partial charge in [0.25, 0.3) is 0 Å². The molecule has 8 aromatic rings. The maximum atomic E-state index is 5.21. The SMILES string of the molecule is CC1(C)c2ccccc2N(c2cc3sc4nc5ccccc5nc4c3cc2N2c3ccccc3C(C)(C)c3ccccc32)c2ccccc21. The van der Waals surface area contributed by atoms with E-state index in [4.69, 9.17) is 9.97 Å². The van der Waals surface area contributed by atoms with E-state index in [0.717, 1.165) is 38.1 Å². The molecule has 2 aromatic heterocycles. The third-order valence-electron chi connectivity index (χ3n) is 10.8. The van der Waals surface area contributed by atoms with Crippen LogP contribution in [0.15, 0.2) is 133 Å². The number of nitrogens with zero attached hydrogens (tertiary/aromatic N) is 4. The molecule has 0 bridgehead atoms. The van der Waals surface area contributed by atoms with Gasteiger partial charge in [-0.25, -0.2) is 9.97 Å². The average molecular weight is 651 g/mol. The van der Waals surface area contributed by atoms with Crippen LogP contribution in [-0.2, 0) is 10.8 Å². The first kappa shape index (κ1) is 28.5. The molecule has 0 saturated carbocycles. The molecule has 0 radical (unpaired) electrons. The second kappa shape index (κ2) is 10.0. The predicted molar refractivity (Wildman–Crippen MR) is 206 cm³/mol. The van der Waals surface area contributed by atoms with E-state index in [2.05, 4.69) is 159 Å². The van der Waals surface area contributed by atoms with E-state index in [0.29, 0.717) is 0 Å². The molecule has 4 heterocycles. The third kappa shape index (κ3) is 3.91. The number of thiophene rings is 1. The van der Waals surface area contributed by atoms with Gasteiger partial charge in [0.15, 0.2) is 0 Å². The molecule has 10 rings (SSSR count). The second-order valence-electron chi connectivity index (χ2n) is 14.3. The van der Waals surface area contributed by atoms with Crippen molar-refractivity contribution in [3.05, 3.63) is 156 Å². The van der Waals surface area contributed by atoms with Crippen molar-refractivity contribution >= 4 is 76.9 Å². The maximum Gasteiger partial charge on any atom is 0.143 e. The van der Waals surface area contributed by atoms with Gasteiger partial charge in [-0.3, -0.25) is 0 Å². The van der Waals surface area contributed by atoms with Gasteiger partial charge in [-0.1, -0.05) is 113 Å². The molecule has 0 aliphatic carbocycles. The number of hydrogen-bond donors (Lipinski definition) is 0. The summed E-state index contributed by atoms with van der Waals surface area (Å²) >= 11 is 1.72. The Kier molecular flexibility index (Phi) is 5.82. The molecule has 5 heteroatoms. The molecule has 6 aromatic carbocycles. The van der Waals surface area contributed by atoms with Crippen molar-refractivity contribution in [2.45, 2.75) is 38.5 Å². The van der Waals surface area contributed by atoms with E-state index in [-0.39, 0.29) is 10.8 Å². The third-order valence-corrected chi connectivity index (χ3v) is 11.9. The zero-order chi connectivity index (χ0) is 33.1. The zero-order valence-corrected chi connectivity index (χ0v) is 28.7. The van der Waals surface area contributed by atoms with Crippen LogP contribution in [-0.4, -0.2) is 9.97 Å². The van der Waals surface area contributed by atoms with Crippen LogP contribution < -0.4 is 9.80 Å². The summed E-state index contributed by atoms with van der Waals surface area (Å²) in [6.07, 6.45) is 0. The molecule has 0 N–H and O–H groups in total. The minimum Gasteiger partial charge on any atom is -0.308 e. The standard InChI is InChI=1S/C44H34N4S/c1-43(2)28-15-5-11-21-34(28)47(35-22-12-6-16-29(35)43)38-25-27-40(49-42-41(27)45-32-19-9-10-20-33(32)46-42)26-39(38)48-36-23-13-7-17-30(36)44(3,4)31-18-8-14-24-37(31)48/h5-26H,1-4H3. The molecule has 0 spiro atoms. The topological polar surface area (TPSA) is 32.3 Å². The van der Waals surface area contributed by atoms with Crippen molar-refractivity contribution in [3.8, 4) is 0 Å². The van der Waals surface area contributed by atoms with Crippen molar-refractivity contribution in [2.75, 3.05) is 9.80 Å². The highest BCUT2D eigenvalue weighted by atomic mass is 32.1. The summed E-state index contributed by atoms with van der Waals surface area (Å²) in [7, 11) is 0. The lowest BCUT2D eigenvalue weighted by atomic mass is 9.73. The molecule has 0 fully saturated rings. The van der Waals surface area contributed by atoms with Crippen LogP contribution in [0.2, 0.25) is 0 Å². The summed E-state index contributed by atoms with van der Waals surface area (Å²) in [5.41, 5.74) is 14.7. The maximum absolute atomic E-state index is 5.21. The zero-order valence-electron chi connectivity index (χ0n) is 27.9. The van der Waals surface area contributed by atoms with Crippen LogP contribution in [0.5, 0.6) is 0 Å². The Balaban J connectivity index is 1.35. The Labute approximate surface area is 289 Å². The predicted octanol–water partition coefficient (Wildman–Crippen LogP) is 12.2. The first-order chi connectivity index (χ1) is 23.8. The van der Waals surface area contributed by atoms with E-state index in [1.165, 1.54) is 49.7 Å². The first-order valence-electron chi connectivity index (χ1n) is 16.9. The van der Waals surface area contributed by atoms with Crippen molar-refractivity contribution < 1.29 is 0 Å². The summed E-state index contributed by atoms with van der Waals surface area (Å²) in [5.74, 6) is 0. The molecule has 0 atom stereocenters. The van der Waals surface area contributed by atoms with Gasteiger partial charge >= 0.3 is 0 Å². The molecular formula is C44H34N4S. The summed E-state index contributed by atoms with van der Waals surface area (Å²) in [6.45, 7) is 9.38. The molecule has 4 nitrogen and oxygen atoms in total. The minimum atomic E-state index is -0.165. The monoisotopic (exact) mass is 650 g/mol. The van der Waals surface area contributed by atoms with Crippen LogP contribution in [0.25, 0.3) is 31.5 Å². The molecule has 0 amide bonds. The van der Waals surface area contributed by atoms with Crippen molar-refractivity contribution in [2.24, 2.45) is 0 Å². The quantitative estimate of drug-likeness (QED) is 0.186. The summed E-state index contributed by atoms with van der Waals surface area (Å²) in [4.78, 5) is 16.3. The van der Waals surface area contributed by atoms with Gasteiger partial charge in [0.2, 0.25) is 0 Å². The Morgan fingerprint density at radius 3 is 1.31 bits per heavy atom. The lowest BCUT2D eigenvalue weighted by Crippen LogP contribution is -2.33. The minimum absolute atomic E-state index is 0.159. The summed E-state index contributed by atoms with van der Waals surface area (Å²) in [6, 6.07) is 48.6. The number of fused-ring (bicyclic) bond motifs is 8. The molecule has 0 unspecified atom stereocenters. The molecule has 2 aliphatic rings. The van der Waals surface area contributed by atoms with Gasteiger partial charge in [0.05, 0.1) is 45.2 Å². The summed E-state index contributed by atoms with van der Waals surface area (Å²) in [5, 5.41) is 1.12. The van der Waals surface area contributed by atoms with Gasteiger partial charge in [0, 0.05) is 20.9 Å². The number of anilines is 6. The fraction of sp³-hybridized carbons (Fsp3) is 0.136. The highest BCUT2D eigenvalue weighted by Crippen LogP contribution is 2.58. The van der Waals surface area contributed by atoms with Gasteiger partial charge in [-0.2, -0.15) is 0 Å². The Morgan fingerprint density at radius 2 is 0.837 bits per heavy atom. The largest absolute Gasteiger partial charge is 0.308 e. The van der Waals surface area contributed by atoms with Gasteiger partial charge in [0.1, 0.15) is 10.3 Å². The highest BCUT2D eigenvalue weighted by Gasteiger charge is 2.41. The average Bonchev–Trinajstić information content (AvgIpc) is 3.47. The fourth-order valence-electron chi connectivity index (χ4n) is 8.38. The number of para-hydroxylation sites is 6. The number of benzene rings is 6. The van der Waals surface area contributed by atoms with Crippen LogP contribution in [0.4, 0.5) is 34.1 Å². The first-order valence-corrected chi connectivity index (χ1v) is 17.8. The molecule has 49 heavy (non-hydrogen) atoms. The Morgan fingerprint density at radius 1 is 0.449 bits per heavy atom. The highest BCUT2D eigenvalue weighted by molar-refractivity contribution is 7.25. The second-order valence-corrected chi connectivity index (χ2v) is 15.3. The van der Waals surface area contributed by atoms with Crippen LogP contribution in [0.1, 0.15) is 49.9 Å². The normalized spacial score (nSPS) is 15.6. The fourth-order valence-corrected chi connectivity index (χ4v) is 9.42. The van der Waals surface area contributed by atoms with E-state index in [1.807, 2.05) is 12.1 Å². The number of rotatable bonds is 2. The Hall–Kier alpha value is -5.52. The number of hydrogen-bond acceptors (Lipinski definition) is 5. The molecular weight excluding hydrogens is 617 g/mol. The van der Waals surface area contributed by atoms with E-state index in [1.54, 1.807) is 11.3 Å². The van der Waals surface area contributed by atoms with Crippen LogP contribution in [0.3, 0.4) is 0 Å². The molecule has 236 valence electrons. The molecule has 2 aliphatic heterocycles. The lowest BCUT2D eigenvalue weighted by molar-refractivity contribution is 0.630. The van der Waals surface area contributed by atoms with Crippen molar-refractivity contribution in [3.63, 3.8) is 0 Å². The smallest absolute Gasteiger partial charge is 0.143 e. The van der Waals surface area contributed by atoms with Gasteiger partial charge in [-0.15, -0.1) is 11.3 Å². The van der Waals surface area contributed by atoms with Crippen molar-refractivity contribution in [1.82, 2.24) is 9.97 Å². The van der Waals surface area contributed by atoms with Crippen LogP contribution in [0, 0.1) is 0 Å². The molecule has 0 saturated heterocycles. The van der Waals surface area contributed by atoms with Gasteiger partial charge < -0.3 is 9.80 Å². The summed E-state index contributed by atoms with van der Waals surface area (Å²) < 4.78 is 1.17.